The summed E-state index contributed by atoms with van der Waals surface area (Å²) >= 11 is 0. The lowest BCUT2D eigenvalue weighted by Crippen LogP contribution is -2.52. The Kier molecular flexibility index (Phi) is 6.34. The van der Waals surface area contributed by atoms with Crippen LogP contribution < -0.4 is 10.1 Å². The number of esters is 1. The SMILES string of the molecule is C[C@H](OC(=O)COc1ccc(F)cc1)C(=O)NC1(C#N)CCCCC1. The third kappa shape index (κ3) is 5.45. The van der Waals surface area contributed by atoms with Crippen LogP contribution in [-0.4, -0.2) is 30.1 Å². The summed E-state index contributed by atoms with van der Waals surface area (Å²) in [6.07, 6.45) is 2.98. The first kappa shape index (κ1) is 18.7. The predicted molar refractivity (Wildman–Crippen MR) is 87.0 cm³/mol. The fraction of sp³-hybridized carbons (Fsp3) is 0.500. The van der Waals surface area contributed by atoms with Crippen LogP contribution in [0.25, 0.3) is 0 Å². The summed E-state index contributed by atoms with van der Waals surface area (Å²) in [6, 6.07) is 7.38. The maximum absolute atomic E-state index is 12.8. The van der Waals surface area contributed by atoms with Crippen molar-refractivity contribution in [3.63, 3.8) is 0 Å². The Morgan fingerprint density at radius 1 is 1.28 bits per heavy atom. The lowest BCUT2D eigenvalue weighted by molar-refractivity contribution is -0.157. The molecule has 0 saturated heterocycles. The van der Waals surface area contributed by atoms with Gasteiger partial charge in [-0.25, -0.2) is 9.18 Å². The van der Waals surface area contributed by atoms with Crippen LogP contribution in [0.4, 0.5) is 4.39 Å². The van der Waals surface area contributed by atoms with Gasteiger partial charge in [0.15, 0.2) is 12.7 Å². The third-order valence-corrected chi connectivity index (χ3v) is 4.13. The van der Waals surface area contributed by atoms with E-state index in [0.717, 1.165) is 19.3 Å². The summed E-state index contributed by atoms with van der Waals surface area (Å²) in [6.45, 7) is 1.05. The van der Waals surface area contributed by atoms with Crippen molar-refractivity contribution in [3.05, 3.63) is 30.1 Å². The number of halogens is 1. The zero-order chi connectivity index (χ0) is 18.3. The molecule has 7 heteroatoms. The van der Waals surface area contributed by atoms with Crippen molar-refractivity contribution in [2.75, 3.05) is 6.61 Å². The molecule has 1 aromatic carbocycles. The van der Waals surface area contributed by atoms with E-state index in [1.807, 2.05) is 0 Å². The van der Waals surface area contributed by atoms with E-state index in [4.69, 9.17) is 9.47 Å². The van der Waals surface area contributed by atoms with Crippen LogP contribution >= 0.6 is 0 Å². The van der Waals surface area contributed by atoms with Crippen molar-refractivity contribution in [2.45, 2.75) is 50.7 Å². The average molecular weight is 348 g/mol. The molecule has 0 spiro atoms. The minimum atomic E-state index is -1.03. The number of benzene rings is 1. The quantitative estimate of drug-likeness (QED) is 0.798. The third-order valence-electron chi connectivity index (χ3n) is 4.13. The Morgan fingerprint density at radius 2 is 1.92 bits per heavy atom. The molecule has 25 heavy (non-hydrogen) atoms. The van der Waals surface area contributed by atoms with Gasteiger partial charge in [0, 0.05) is 0 Å². The molecule has 134 valence electrons. The van der Waals surface area contributed by atoms with Gasteiger partial charge in [-0.1, -0.05) is 19.3 Å². The van der Waals surface area contributed by atoms with E-state index in [2.05, 4.69) is 11.4 Å². The summed E-state index contributed by atoms with van der Waals surface area (Å²) in [5.41, 5.74) is -0.874. The van der Waals surface area contributed by atoms with E-state index in [9.17, 15) is 19.2 Å². The van der Waals surface area contributed by atoms with Crippen molar-refractivity contribution in [3.8, 4) is 11.8 Å². The van der Waals surface area contributed by atoms with Crippen molar-refractivity contribution >= 4 is 11.9 Å². The van der Waals surface area contributed by atoms with Crippen LogP contribution in [0.5, 0.6) is 5.75 Å². The molecule has 0 heterocycles. The predicted octanol–water partition coefficient (Wildman–Crippen LogP) is 2.48. The maximum atomic E-state index is 12.8. The smallest absolute Gasteiger partial charge is 0.344 e. The van der Waals surface area contributed by atoms with Gasteiger partial charge in [-0.2, -0.15) is 5.26 Å². The largest absolute Gasteiger partial charge is 0.482 e. The van der Waals surface area contributed by atoms with Gasteiger partial charge < -0.3 is 14.8 Å². The molecule has 2 rings (SSSR count). The molecule has 1 aliphatic rings. The summed E-state index contributed by atoms with van der Waals surface area (Å²) in [5, 5.41) is 12.1. The molecular formula is C18H21FN2O4. The molecule has 1 amide bonds. The monoisotopic (exact) mass is 348 g/mol. The van der Waals surface area contributed by atoms with Crippen LogP contribution in [0.15, 0.2) is 24.3 Å². The van der Waals surface area contributed by atoms with E-state index in [1.54, 1.807) is 0 Å². The Bertz CT molecular complexity index is 648. The topological polar surface area (TPSA) is 88.4 Å². The molecule has 1 fully saturated rings. The van der Waals surface area contributed by atoms with E-state index in [0.29, 0.717) is 18.6 Å². The molecule has 6 nitrogen and oxygen atoms in total. The molecular weight excluding hydrogens is 327 g/mol. The van der Waals surface area contributed by atoms with Gasteiger partial charge in [0.05, 0.1) is 6.07 Å². The number of carbonyl (C=O) groups excluding carboxylic acids is 2. The summed E-state index contributed by atoms with van der Waals surface area (Å²) < 4.78 is 23.0. The summed E-state index contributed by atoms with van der Waals surface area (Å²) in [4.78, 5) is 24.0. The second-order valence-corrected chi connectivity index (χ2v) is 6.12. The summed E-state index contributed by atoms with van der Waals surface area (Å²) in [5.74, 6) is -1.31. The molecule has 1 atom stereocenters. The van der Waals surface area contributed by atoms with E-state index in [1.165, 1.54) is 31.2 Å². The van der Waals surface area contributed by atoms with Gasteiger partial charge in [0.1, 0.15) is 17.1 Å². The zero-order valence-corrected chi connectivity index (χ0v) is 14.1. The van der Waals surface area contributed by atoms with Gasteiger partial charge in [-0.05, 0) is 44.0 Å². The van der Waals surface area contributed by atoms with Crippen molar-refractivity contribution in [2.24, 2.45) is 0 Å². The molecule has 0 bridgehead atoms. The Hall–Kier alpha value is -2.62. The number of nitrogens with zero attached hydrogens (tertiary/aromatic N) is 1. The van der Waals surface area contributed by atoms with E-state index < -0.39 is 35.9 Å². The molecule has 0 radical (unpaired) electrons. The average Bonchev–Trinajstić information content (AvgIpc) is 2.62. The lowest BCUT2D eigenvalue weighted by Gasteiger charge is -2.32. The molecule has 1 N–H and O–H groups in total. The van der Waals surface area contributed by atoms with Crippen LogP contribution in [0.2, 0.25) is 0 Å². The van der Waals surface area contributed by atoms with Crippen LogP contribution in [0, 0.1) is 17.1 Å². The molecule has 0 aromatic heterocycles. The minimum absolute atomic E-state index is 0.320. The van der Waals surface area contributed by atoms with Crippen LogP contribution in [0.3, 0.4) is 0 Å². The second-order valence-electron chi connectivity index (χ2n) is 6.12. The molecule has 1 saturated carbocycles. The number of nitrogens with one attached hydrogen (secondary N) is 1. The first-order chi connectivity index (χ1) is 11.9. The minimum Gasteiger partial charge on any atom is -0.482 e. The number of ether oxygens (including phenoxy) is 2. The van der Waals surface area contributed by atoms with Crippen LogP contribution in [0.1, 0.15) is 39.0 Å². The number of hydrogen-bond donors (Lipinski definition) is 1. The van der Waals surface area contributed by atoms with Crippen molar-refractivity contribution < 1.29 is 23.5 Å². The van der Waals surface area contributed by atoms with E-state index >= 15 is 0 Å². The number of rotatable bonds is 6. The summed E-state index contributed by atoms with van der Waals surface area (Å²) in [7, 11) is 0. The second kappa shape index (κ2) is 8.47. The number of carbonyl (C=O) groups is 2. The highest BCUT2D eigenvalue weighted by molar-refractivity contribution is 5.84. The highest BCUT2D eigenvalue weighted by Crippen LogP contribution is 2.27. The Balaban J connectivity index is 1.80. The molecule has 1 aromatic rings. The Labute approximate surface area is 145 Å². The molecule has 1 aliphatic carbocycles. The normalized spacial score (nSPS) is 17.0. The van der Waals surface area contributed by atoms with Gasteiger partial charge in [-0.3, -0.25) is 4.79 Å². The number of amides is 1. The highest BCUT2D eigenvalue weighted by Gasteiger charge is 2.35. The van der Waals surface area contributed by atoms with Gasteiger partial charge in [0.2, 0.25) is 0 Å². The fourth-order valence-corrected chi connectivity index (χ4v) is 2.72. The van der Waals surface area contributed by atoms with Crippen molar-refractivity contribution in [1.29, 1.82) is 5.26 Å². The number of hydrogen-bond acceptors (Lipinski definition) is 5. The Morgan fingerprint density at radius 3 is 2.52 bits per heavy atom. The van der Waals surface area contributed by atoms with E-state index in [-0.39, 0.29) is 0 Å². The number of nitriles is 1. The standard InChI is InChI=1S/C18H21FN2O4/c1-13(17(23)21-18(12-20)9-3-2-4-10-18)25-16(22)11-24-15-7-5-14(19)6-8-15/h5-8,13H,2-4,9-11H2,1H3,(H,21,23)/t13-/m0/s1. The molecule has 0 aliphatic heterocycles. The highest BCUT2D eigenvalue weighted by atomic mass is 19.1. The van der Waals surface area contributed by atoms with Gasteiger partial charge in [0.25, 0.3) is 5.91 Å². The van der Waals surface area contributed by atoms with Crippen molar-refractivity contribution in [1.82, 2.24) is 5.32 Å². The molecule has 0 unspecified atom stereocenters. The van der Waals surface area contributed by atoms with Crippen LogP contribution in [-0.2, 0) is 14.3 Å². The maximum Gasteiger partial charge on any atom is 0.344 e. The first-order valence-electron chi connectivity index (χ1n) is 8.25. The lowest BCUT2D eigenvalue weighted by atomic mass is 9.83. The zero-order valence-electron chi connectivity index (χ0n) is 14.1. The van der Waals surface area contributed by atoms with Gasteiger partial charge >= 0.3 is 5.97 Å². The fourth-order valence-electron chi connectivity index (χ4n) is 2.72. The first-order valence-corrected chi connectivity index (χ1v) is 8.25. The van der Waals surface area contributed by atoms with Gasteiger partial charge in [-0.15, -0.1) is 0 Å².